The number of halogens is 3. The summed E-state index contributed by atoms with van der Waals surface area (Å²) in [5, 5.41) is 3.07. The molecule has 0 heterocycles. The minimum absolute atomic E-state index is 0.00906. The van der Waals surface area contributed by atoms with E-state index < -0.39 is 11.7 Å². The molecule has 1 N–H and O–H groups in total. The highest BCUT2D eigenvalue weighted by Crippen LogP contribution is 2.32. The monoisotopic (exact) mass is 243 g/mol. The molecule has 0 saturated heterocycles. The Labute approximate surface area is 99.3 Å². The van der Waals surface area contributed by atoms with Crippen LogP contribution in [0, 0.1) is 6.92 Å². The maximum absolute atomic E-state index is 12.5. The van der Waals surface area contributed by atoms with Crippen molar-refractivity contribution in [2.24, 2.45) is 0 Å². The number of alkyl halides is 3. The Morgan fingerprint density at radius 2 is 2.06 bits per heavy atom. The van der Waals surface area contributed by atoms with Gasteiger partial charge in [0.05, 0.1) is 5.56 Å². The minimum atomic E-state index is -4.28. The third-order valence-corrected chi connectivity index (χ3v) is 2.72. The molecule has 1 unspecified atom stereocenters. The third kappa shape index (κ3) is 3.33. The molecule has 0 saturated carbocycles. The molecular formula is C13H16F3N. The largest absolute Gasteiger partial charge is 0.416 e. The first-order chi connectivity index (χ1) is 7.90. The molecule has 0 amide bonds. The average molecular weight is 243 g/mol. The summed E-state index contributed by atoms with van der Waals surface area (Å²) in [5.74, 6) is 0. The molecule has 1 aromatic rings. The molecule has 1 atom stereocenters. The fraction of sp³-hybridized carbons (Fsp3) is 0.385. The van der Waals surface area contributed by atoms with Crippen molar-refractivity contribution in [3.63, 3.8) is 0 Å². The van der Waals surface area contributed by atoms with Crippen molar-refractivity contribution in [2.75, 3.05) is 7.05 Å². The minimum Gasteiger partial charge on any atom is -0.313 e. The molecule has 1 aromatic carbocycles. The lowest BCUT2D eigenvalue weighted by Crippen LogP contribution is -2.17. The molecule has 0 aromatic heterocycles. The molecule has 0 aliphatic heterocycles. The van der Waals surface area contributed by atoms with Gasteiger partial charge in [0.2, 0.25) is 0 Å². The number of rotatable bonds is 4. The maximum Gasteiger partial charge on any atom is 0.416 e. The summed E-state index contributed by atoms with van der Waals surface area (Å²) < 4.78 is 37.5. The molecule has 0 aliphatic rings. The van der Waals surface area contributed by atoms with Gasteiger partial charge < -0.3 is 5.32 Å². The van der Waals surface area contributed by atoms with Crippen LogP contribution in [-0.4, -0.2) is 7.05 Å². The normalized spacial score (nSPS) is 13.5. The lowest BCUT2D eigenvalue weighted by molar-refractivity contribution is -0.137. The van der Waals surface area contributed by atoms with Crippen molar-refractivity contribution in [2.45, 2.75) is 25.6 Å². The molecule has 94 valence electrons. The van der Waals surface area contributed by atoms with Gasteiger partial charge in [-0.1, -0.05) is 12.1 Å². The fourth-order valence-corrected chi connectivity index (χ4v) is 1.81. The summed E-state index contributed by atoms with van der Waals surface area (Å²) in [4.78, 5) is 0. The van der Waals surface area contributed by atoms with E-state index in [9.17, 15) is 13.2 Å². The van der Waals surface area contributed by atoms with E-state index in [1.807, 2.05) is 0 Å². The highest BCUT2D eigenvalue weighted by Gasteiger charge is 2.30. The van der Waals surface area contributed by atoms with Crippen LogP contribution in [-0.2, 0) is 6.18 Å². The molecule has 1 nitrogen and oxygen atoms in total. The maximum atomic E-state index is 12.5. The van der Waals surface area contributed by atoms with Crippen LogP contribution >= 0.6 is 0 Å². The van der Waals surface area contributed by atoms with E-state index in [4.69, 9.17) is 0 Å². The Balaban J connectivity index is 3.08. The first kappa shape index (κ1) is 13.8. The van der Waals surface area contributed by atoms with E-state index in [-0.39, 0.29) is 6.04 Å². The van der Waals surface area contributed by atoms with Crippen LogP contribution in [0.15, 0.2) is 30.9 Å². The number of hydrogen-bond acceptors (Lipinski definition) is 1. The Morgan fingerprint density at radius 3 is 2.47 bits per heavy atom. The van der Waals surface area contributed by atoms with Crippen molar-refractivity contribution in [3.05, 3.63) is 47.5 Å². The van der Waals surface area contributed by atoms with Crippen LogP contribution in [0.25, 0.3) is 0 Å². The van der Waals surface area contributed by atoms with Gasteiger partial charge in [0, 0.05) is 6.04 Å². The summed E-state index contributed by atoms with van der Waals surface area (Å²) in [6, 6.07) is 3.84. The summed E-state index contributed by atoms with van der Waals surface area (Å²) >= 11 is 0. The number of benzene rings is 1. The van der Waals surface area contributed by atoms with Crippen LogP contribution in [0.5, 0.6) is 0 Å². The van der Waals surface area contributed by atoms with E-state index in [1.165, 1.54) is 12.1 Å². The first-order valence-corrected chi connectivity index (χ1v) is 5.36. The Bertz CT molecular complexity index is 396. The number of hydrogen-bond donors (Lipinski definition) is 1. The zero-order valence-corrected chi connectivity index (χ0v) is 9.93. The van der Waals surface area contributed by atoms with Crippen LogP contribution in [0.4, 0.5) is 13.2 Å². The standard InChI is InChI=1S/C13H16F3N/c1-4-5-12(17-3)11-7-6-10(8-9(11)2)13(14,15)16/h4,6-8,12,17H,1,5H2,2-3H3. The quantitative estimate of drug-likeness (QED) is 0.792. The van der Waals surface area contributed by atoms with Gasteiger partial charge in [-0.25, -0.2) is 0 Å². The molecule has 1 rings (SSSR count). The van der Waals surface area contributed by atoms with E-state index in [0.717, 1.165) is 11.6 Å². The molecule has 0 radical (unpaired) electrons. The van der Waals surface area contributed by atoms with Gasteiger partial charge >= 0.3 is 6.18 Å². The second kappa shape index (κ2) is 5.36. The van der Waals surface area contributed by atoms with Crippen molar-refractivity contribution in [3.8, 4) is 0 Å². The fourth-order valence-electron chi connectivity index (χ4n) is 1.81. The van der Waals surface area contributed by atoms with Gasteiger partial charge in [-0.15, -0.1) is 6.58 Å². The molecule has 0 spiro atoms. The topological polar surface area (TPSA) is 12.0 Å². The number of aryl methyl sites for hydroxylation is 1. The lowest BCUT2D eigenvalue weighted by Gasteiger charge is -2.18. The predicted octanol–water partition coefficient (Wildman–Crippen LogP) is 3.85. The van der Waals surface area contributed by atoms with Gasteiger partial charge in [0.1, 0.15) is 0 Å². The first-order valence-electron chi connectivity index (χ1n) is 5.36. The van der Waals surface area contributed by atoms with Crippen LogP contribution < -0.4 is 5.32 Å². The Morgan fingerprint density at radius 1 is 1.41 bits per heavy atom. The van der Waals surface area contributed by atoms with E-state index in [0.29, 0.717) is 12.0 Å². The average Bonchev–Trinajstić information content (AvgIpc) is 2.25. The molecule has 4 heteroatoms. The second-order valence-corrected chi connectivity index (χ2v) is 3.93. The summed E-state index contributed by atoms with van der Waals surface area (Å²) in [6.45, 7) is 5.33. The summed E-state index contributed by atoms with van der Waals surface area (Å²) in [6.07, 6.45) is -1.85. The number of nitrogens with one attached hydrogen (secondary N) is 1. The molecule has 0 aliphatic carbocycles. The van der Waals surface area contributed by atoms with Crippen molar-refractivity contribution >= 4 is 0 Å². The third-order valence-electron chi connectivity index (χ3n) is 2.72. The van der Waals surface area contributed by atoms with E-state index in [2.05, 4.69) is 11.9 Å². The lowest BCUT2D eigenvalue weighted by atomic mass is 9.97. The smallest absolute Gasteiger partial charge is 0.313 e. The van der Waals surface area contributed by atoms with Crippen molar-refractivity contribution in [1.29, 1.82) is 0 Å². The van der Waals surface area contributed by atoms with Gasteiger partial charge in [-0.05, 0) is 43.7 Å². The van der Waals surface area contributed by atoms with Gasteiger partial charge in [0.25, 0.3) is 0 Å². The zero-order chi connectivity index (χ0) is 13.1. The molecule has 17 heavy (non-hydrogen) atoms. The van der Waals surface area contributed by atoms with E-state index in [1.54, 1.807) is 20.0 Å². The highest BCUT2D eigenvalue weighted by molar-refractivity contribution is 5.34. The predicted molar refractivity (Wildman–Crippen MR) is 62.8 cm³/mol. The van der Waals surface area contributed by atoms with E-state index >= 15 is 0 Å². The zero-order valence-electron chi connectivity index (χ0n) is 9.93. The van der Waals surface area contributed by atoms with Gasteiger partial charge in [-0.3, -0.25) is 0 Å². The second-order valence-electron chi connectivity index (χ2n) is 3.93. The SMILES string of the molecule is C=CCC(NC)c1ccc(C(F)(F)F)cc1C. The Kier molecular flexibility index (Phi) is 4.34. The van der Waals surface area contributed by atoms with Crippen LogP contribution in [0.1, 0.15) is 29.2 Å². The summed E-state index contributed by atoms with van der Waals surface area (Å²) in [7, 11) is 1.78. The van der Waals surface area contributed by atoms with Crippen LogP contribution in [0.3, 0.4) is 0 Å². The highest BCUT2D eigenvalue weighted by atomic mass is 19.4. The van der Waals surface area contributed by atoms with Gasteiger partial charge in [0.15, 0.2) is 0 Å². The van der Waals surface area contributed by atoms with Crippen LogP contribution in [0.2, 0.25) is 0 Å². The van der Waals surface area contributed by atoms with Crippen molar-refractivity contribution < 1.29 is 13.2 Å². The molecular weight excluding hydrogens is 227 g/mol. The molecule has 0 fully saturated rings. The van der Waals surface area contributed by atoms with Crippen molar-refractivity contribution in [1.82, 2.24) is 5.32 Å². The van der Waals surface area contributed by atoms with Gasteiger partial charge in [-0.2, -0.15) is 13.2 Å². The Hall–Kier alpha value is -1.29. The summed E-state index contributed by atoms with van der Waals surface area (Å²) in [5.41, 5.74) is 0.911. The molecule has 0 bridgehead atoms.